The first-order valence-electron chi connectivity index (χ1n) is 11.2. The highest BCUT2D eigenvalue weighted by Crippen LogP contribution is 2.44. The Morgan fingerprint density at radius 3 is 2.23 bits per heavy atom. The van der Waals surface area contributed by atoms with Crippen molar-refractivity contribution >= 4 is 23.7 Å². The zero-order chi connectivity index (χ0) is 24.8. The van der Waals surface area contributed by atoms with Crippen LogP contribution >= 0.6 is 0 Å². The lowest BCUT2D eigenvalue weighted by Gasteiger charge is -2.14. The number of carboxylic acid groups (broad SMARTS) is 1. The molecule has 1 aliphatic carbocycles. The van der Waals surface area contributed by atoms with E-state index in [-0.39, 0.29) is 43.8 Å². The Labute approximate surface area is 202 Å². The maximum absolute atomic E-state index is 12.2. The number of benzene rings is 3. The Hall–Kier alpha value is -4.17. The van der Waals surface area contributed by atoms with Gasteiger partial charge in [-0.3, -0.25) is 4.79 Å². The van der Waals surface area contributed by atoms with Crippen LogP contribution in [0.3, 0.4) is 0 Å². The minimum atomic E-state index is -1.02. The van der Waals surface area contributed by atoms with E-state index in [1.807, 2.05) is 24.3 Å². The van der Waals surface area contributed by atoms with Gasteiger partial charge in [0, 0.05) is 18.2 Å². The first-order valence-corrected chi connectivity index (χ1v) is 11.2. The highest BCUT2D eigenvalue weighted by Gasteiger charge is 2.28. The van der Waals surface area contributed by atoms with Gasteiger partial charge in [0.1, 0.15) is 13.2 Å². The molecule has 3 N–H and O–H groups in total. The largest absolute Gasteiger partial charge is 0.478 e. The van der Waals surface area contributed by atoms with Crippen LogP contribution in [-0.2, 0) is 14.3 Å². The monoisotopic (exact) mass is 474 g/mol. The molecule has 3 aromatic rings. The molecule has 180 valence electrons. The number of aromatic carboxylic acids is 1. The maximum atomic E-state index is 12.2. The average Bonchev–Trinajstić information content (AvgIpc) is 3.16. The predicted octanol–water partition coefficient (Wildman–Crippen LogP) is 4.19. The van der Waals surface area contributed by atoms with Gasteiger partial charge in [-0.25, -0.2) is 9.59 Å². The molecular weight excluding hydrogens is 448 g/mol. The van der Waals surface area contributed by atoms with Crippen LogP contribution in [0.15, 0.2) is 66.7 Å². The van der Waals surface area contributed by atoms with Crippen molar-refractivity contribution in [2.45, 2.75) is 12.8 Å². The van der Waals surface area contributed by atoms with Crippen molar-refractivity contribution in [3.05, 3.63) is 89.0 Å². The minimum absolute atomic E-state index is 0.0127. The highest BCUT2D eigenvalue weighted by atomic mass is 16.5. The topological polar surface area (TPSA) is 114 Å². The summed E-state index contributed by atoms with van der Waals surface area (Å²) >= 11 is 0. The smallest absolute Gasteiger partial charge is 0.407 e. The molecule has 0 atom stereocenters. The van der Waals surface area contributed by atoms with Crippen LogP contribution in [0.5, 0.6) is 0 Å². The Kier molecular flexibility index (Phi) is 7.42. The number of aryl methyl sites for hydroxylation is 1. The summed E-state index contributed by atoms with van der Waals surface area (Å²) in [6, 6.07) is 20.8. The van der Waals surface area contributed by atoms with E-state index < -0.39 is 12.1 Å². The van der Waals surface area contributed by atoms with Gasteiger partial charge in [0.15, 0.2) is 0 Å². The second-order valence-electron chi connectivity index (χ2n) is 8.19. The summed E-state index contributed by atoms with van der Waals surface area (Å²) in [5.74, 6) is -1.41. The summed E-state index contributed by atoms with van der Waals surface area (Å²) in [5.41, 5.74) is 5.82. The van der Waals surface area contributed by atoms with Crippen molar-refractivity contribution in [1.82, 2.24) is 5.32 Å². The van der Waals surface area contributed by atoms with E-state index in [0.717, 1.165) is 22.3 Å². The molecule has 1 aliphatic rings. The van der Waals surface area contributed by atoms with Gasteiger partial charge >= 0.3 is 12.1 Å². The number of carbonyl (C=O) groups is 3. The molecule has 0 aromatic heterocycles. The molecule has 0 heterocycles. The molecule has 8 nitrogen and oxygen atoms in total. The Bertz CT molecular complexity index is 1210. The minimum Gasteiger partial charge on any atom is -0.478 e. The number of hydrogen-bond acceptors (Lipinski definition) is 5. The van der Waals surface area contributed by atoms with Gasteiger partial charge in [-0.05, 0) is 52.9 Å². The van der Waals surface area contributed by atoms with E-state index in [2.05, 4.69) is 34.9 Å². The Morgan fingerprint density at radius 2 is 1.60 bits per heavy atom. The summed E-state index contributed by atoms with van der Waals surface area (Å²) in [5, 5.41) is 14.3. The number of hydrogen-bond donors (Lipinski definition) is 3. The molecule has 0 saturated carbocycles. The molecule has 4 rings (SSSR count). The highest BCUT2D eigenvalue weighted by molar-refractivity contribution is 5.94. The molecule has 0 bridgehead atoms. The van der Waals surface area contributed by atoms with Crippen molar-refractivity contribution < 1.29 is 29.0 Å². The fourth-order valence-corrected chi connectivity index (χ4v) is 4.22. The molecule has 35 heavy (non-hydrogen) atoms. The van der Waals surface area contributed by atoms with Gasteiger partial charge < -0.3 is 25.2 Å². The second-order valence-corrected chi connectivity index (χ2v) is 8.19. The van der Waals surface area contributed by atoms with Gasteiger partial charge in [0.2, 0.25) is 5.91 Å². The lowest BCUT2D eigenvalue weighted by Crippen LogP contribution is -2.30. The summed E-state index contributed by atoms with van der Waals surface area (Å²) in [4.78, 5) is 35.3. The number of rotatable bonds is 9. The van der Waals surface area contributed by atoms with Crippen LogP contribution in [0.25, 0.3) is 11.1 Å². The first kappa shape index (κ1) is 24.0. The number of nitrogens with one attached hydrogen (secondary N) is 2. The van der Waals surface area contributed by atoms with E-state index in [4.69, 9.17) is 14.6 Å². The summed E-state index contributed by atoms with van der Waals surface area (Å²) in [6.07, 6.45) is -0.547. The third-order valence-corrected chi connectivity index (χ3v) is 5.83. The second kappa shape index (κ2) is 10.8. The van der Waals surface area contributed by atoms with E-state index >= 15 is 0 Å². The lowest BCUT2D eigenvalue weighted by molar-refractivity contribution is -0.120. The van der Waals surface area contributed by atoms with Gasteiger partial charge in [-0.15, -0.1) is 0 Å². The first-order chi connectivity index (χ1) is 16.9. The fraction of sp³-hybridized carbons (Fsp3) is 0.222. The van der Waals surface area contributed by atoms with Gasteiger partial charge in [0.25, 0.3) is 0 Å². The van der Waals surface area contributed by atoms with E-state index in [9.17, 15) is 14.4 Å². The molecule has 0 fully saturated rings. The molecule has 0 radical (unpaired) electrons. The normalized spacial score (nSPS) is 11.9. The SMILES string of the molecule is Cc1cc(NC(=O)COCCNC(=O)OCC2c3ccccc3-c3ccccc32)ccc1C(=O)O. The van der Waals surface area contributed by atoms with Crippen LogP contribution in [0.4, 0.5) is 10.5 Å². The fourth-order valence-electron chi connectivity index (χ4n) is 4.22. The summed E-state index contributed by atoms with van der Waals surface area (Å²) < 4.78 is 10.8. The molecule has 2 amide bonds. The number of fused-ring (bicyclic) bond motifs is 3. The maximum Gasteiger partial charge on any atom is 0.407 e. The van der Waals surface area contributed by atoms with Crippen molar-refractivity contribution in [3.8, 4) is 11.1 Å². The van der Waals surface area contributed by atoms with E-state index in [1.165, 1.54) is 12.1 Å². The van der Waals surface area contributed by atoms with Gasteiger partial charge in [0.05, 0.1) is 12.2 Å². The van der Waals surface area contributed by atoms with E-state index in [0.29, 0.717) is 11.3 Å². The summed E-state index contributed by atoms with van der Waals surface area (Å²) in [6.45, 7) is 2.00. The van der Waals surface area contributed by atoms with Crippen molar-refractivity contribution in [3.63, 3.8) is 0 Å². The molecule has 8 heteroatoms. The molecule has 0 unspecified atom stereocenters. The van der Waals surface area contributed by atoms with Crippen LogP contribution in [0.1, 0.15) is 33.0 Å². The third-order valence-electron chi connectivity index (χ3n) is 5.83. The van der Waals surface area contributed by atoms with Crippen molar-refractivity contribution in [1.29, 1.82) is 0 Å². The number of ether oxygens (including phenoxy) is 2. The zero-order valence-corrected chi connectivity index (χ0v) is 19.2. The quantitative estimate of drug-likeness (QED) is 0.401. The van der Waals surface area contributed by atoms with E-state index in [1.54, 1.807) is 13.0 Å². The molecule has 3 aromatic carbocycles. The molecule has 0 aliphatic heterocycles. The van der Waals surface area contributed by atoms with Crippen LogP contribution in [0.2, 0.25) is 0 Å². The molecule has 0 saturated heterocycles. The Balaban J connectivity index is 1.17. The molecular formula is C27H26N2O6. The number of anilines is 1. The third kappa shape index (κ3) is 5.67. The molecule has 0 spiro atoms. The van der Waals surface area contributed by atoms with Crippen LogP contribution in [0, 0.1) is 6.92 Å². The zero-order valence-electron chi connectivity index (χ0n) is 19.2. The predicted molar refractivity (Wildman–Crippen MR) is 131 cm³/mol. The van der Waals surface area contributed by atoms with Crippen molar-refractivity contribution in [2.75, 3.05) is 31.7 Å². The van der Waals surface area contributed by atoms with Crippen LogP contribution in [-0.4, -0.2) is 49.4 Å². The number of amides is 2. The standard InChI is InChI=1S/C27H26N2O6/c1-17-14-18(10-11-19(17)26(31)32)29-25(30)16-34-13-12-28-27(33)35-15-24-22-8-4-2-6-20(22)21-7-3-5-9-23(21)24/h2-11,14,24H,12-13,15-16H2,1H3,(H,28,33)(H,29,30)(H,31,32). The lowest BCUT2D eigenvalue weighted by atomic mass is 9.98. The Morgan fingerprint density at radius 1 is 0.943 bits per heavy atom. The van der Waals surface area contributed by atoms with Crippen molar-refractivity contribution in [2.24, 2.45) is 0 Å². The average molecular weight is 475 g/mol. The number of carboxylic acids is 1. The number of alkyl carbamates (subject to hydrolysis) is 1. The van der Waals surface area contributed by atoms with Gasteiger partial charge in [-0.2, -0.15) is 0 Å². The summed E-state index contributed by atoms with van der Waals surface area (Å²) in [7, 11) is 0. The number of carbonyl (C=O) groups excluding carboxylic acids is 2. The van der Waals surface area contributed by atoms with Crippen LogP contribution < -0.4 is 10.6 Å². The van der Waals surface area contributed by atoms with Gasteiger partial charge in [-0.1, -0.05) is 48.5 Å².